The number of carbonyl (C=O) groups is 3. The summed E-state index contributed by atoms with van der Waals surface area (Å²) in [6.07, 6.45) is 0.215. The Labute approximate surface area is 229 Å². The Balaban J connectivity index is 1.52. The number of benzene rings is 3. The third-order valence-corrected chi connectivity index (χ3v) is 7.11. The van der Waals surface area contributed by atoms with E-state index in [1.54, 1.807) is 73.7 Å². The topological polar surface area (TPSA) is 88.1 Å². The van der Waals surface area contributed by atoms with Crippen LogP contribution in [0.1, 0.15) is 29.3 Å². The average Bonchev–Trinajstić information content (AvgIpc) is 3.18. The van der Waals surface area contributed by atoms with Crippen molar-refractivity contribution >= 4 is 57.7 Å². The van der Waals surface area contributed by atoms with E-state index in [-0.39, 0.29) is 43.6 Å². The molecule has 10 heteroatoms. The van der Waals surface area contributed by atoms with Crippen LogP contribution in [0.3, 0.4) is 0 Å². The van der Waals surface area contributed by atoms with Crippen molar-refractivity contribution in [2.24, 2.45) is 4.99 Å². The van der Waals surface area contributed by atoms with E-state index in [0.29, 0.717) is 32.7 Å². The molecule has 1 aliphatic heterocycles. The highest BCUT2D eigenvalue weighted by atomic mass is 35.5. The summed E-state index contributed by atoms with van der Waals surface area (Å²) < 4.78 is 19.2. The van der Waals surface area contributed by atoms with Crippen LogP contribution in [0.25, 0.3) is 0 Å². The summed E-state index contributed by atoms with van der Waals surface area (Å²) in [5.41, 5.74) is 1.96. The molecule has 0 bridgehead atoms. The second-order valence-corrected chi connectivity index (χ2v) is 9.97. The van der Waals surface area contributed by atoms with Gasteiger partial charge in [0.25, 0.3) is 0 Å². The number of ether oxygens (including phenoxy) is 1. The summed E-state index contributed by atoms with van der Waals surface area (Å²) in [4.78, 5) is 44.1. The molecule has 0 aromatic heterocycles. The summed E-state index contributed by atoms with van der Waals surface area (Å²) >= 11 is 7.08. The highest BCUT2D eigenvalue weighted by Crippen LogP contribution is 2.32. The first-order valence-corrected chi connectivity index (χ1v) is 13.2. The lowest BCUT2D eigenvalue weighted by Gasteiger charge is -2.17. The number of hydrogen-bond donors (Lipinski definition) is 1. The van der Waals surface area contributed by atoms with Crippen molar-refractivity contribution in [2.75, 3.05) is 18.5 Å². The van der Waals surface area contributed by atoms with Crippen LogP contribution in [-0.4, -0.2) is 46.3 Å². The fourth-order valence-electron chi connectivity index (χ4n) is 3.77. The lowest BCUT2D eigenvalue weighted by Crippen LogP contribution is -2.35. The maximum absolute atomic E-state index is 14.2. The number of nitrogens with zero attached hydrogens (tertiary/aromatic N) is 2. The smallest absolute Gasteiger partial charge is 0.338 e. The van der Waals surface area contributed by atoms with E-state index in [4.69, 9.17) is 16.3 Å². The fraction of sp³-hybridized carbons (Fsp3) is 0.214. The van der Waals surface area contributed by atoms with Gasteiger partial charge in [0, 0.05) is 23.7 Å². The number of aliphatic imine (C=N–C) groups is 1. The summed E-state index contributed by atoms with van der Waals surface area (Å²) in [6, 6.07) is 19.6. The number of halogens is 2. The first-order chi connectivity index (χ1) is 18.3. The molecule has 38 heavy (non-hydrogen) atoms. The summed E-state index contributed by atoms with van der Waals surface area (Å²) in [7, 11) is 0. The second-order valence-electron chi connectivity index (χ2n) is 8.36. The third-order valence-electron chi connectivity index (χ3n) is 5.68. The molecule has 3 aromatic rings. The molecule has 1 saturated heterocycles. The van der Waals surface area contributed by atoms with Crippen LogP contribution in [0.2, 0.25) is 5.02 Å². The van der Waals surface area contributed by atoms with E-state index in [0.717, 1.165) is 0 Å². The van der Waals surface area contributed by atoms with E-state index >= 15 is 0 Å². The molecule has 0 spiro atoms. The van der Waals surface area contributed by atoms with Crippen LogP contribution in [0, 0.1) is 5.82 Å². The number of hydrogen-bond acceptors (Lipinski definition) is 6. The van der Waals surface area contributed by atoms with Gasteiger partial charge in [-0.15, -0.1) is 0 Å². The maximum atomic E-state index is 14.2. The van der Waals surface area contributed by atoms with Gasteiger partial charge in [-0.3, -0.25) is 14.5 Å². The monoisotopic (exact) mass is 553 g/mol. The molecule has 1 atom stereocenters. The molecular weight excluding hydrogens is 529 g/mol. The first kappa shape index (κ1) is 27.3. The molecule has 1 fully saturated rings. The number of esters is 1. The van der Waals surface area contributed by atoms with Gasteiger partial charge in [-0.25, -0.2) is 14.2 Å². The number of anilines is 1. The molecule has 0 aliphatic carbocycles. The molecular formula is C28H25ClFN3O4S. The fourth-order valence-corrected chi connectivity index (χ4v) is 5.08. The van der Waals surface area contributed by atoms with Gasteiger partial charge < -0.3 is 10.1 Å². The van der Waals surface area contributed by atoms with Crippen LogP contribution in [-0.2, 0) is 20.7 Å². The number of amides is 2. The molecule has 196 valence electrons. The zero-order valence-electron chi connectivity index (χ0n) is 20.5. The molecule has 3 aromatic carbocycles. The van der Waals surface area contributed by atoms with E-state index in [1.807, 2.05) is 0 Å². The SMILES string of the molecule is CCOC(=O)c1ccc(N=C2S[C@H](CC(=O)Nc3ccc(Cl)cc3)C(=O)N2CCc2ccccc2F)cc1. The lowest BCUT2D eigenvalue weighted by molar-refractivity contribution is -0.128. The Bertz CT molecular complexity index is 1350. The van der Waals surface area contributed by atoms with E-state index in [9.17, 15) is 18.8 Å². The largest absolute Gasteiger partial charge is 0.462 e. The van der Waals surface area contributed by atoms with Gasteiger partial charge in [0.05, 0.1) is 17.9 Å². The normalized spacial score (nSPS) is 16.1. The van der Waals surface area contributed by atoms with Gasteiger partial charge in [-0.1, -0.05) is 41.6 Å². The zero-order chi connectivity index (χ0) is 27.1. The lowest BCUT2D eigenvalue weighted by atomic mass is 10.1. The first-order valence-electron chi connectivity index (χ1n) is 12.0. The van der Waals surface area contributed by atoms with E-state index in [1.165, 1.54) is 22.7 Å². The molecule has 0 radical (unpaired) electrons. The summed E-state index contributed by atoms with van der Waals surface area (Å²) in [5, 5.41) is 3.03. The Morgan fingerprint density at radius 1 is 1.08 bits per heavy atom. The minimum Gasteiger partial charge on any atom is -0.462 e. The standard InChI is InChI=1S/C28H25ClFN3O4S/c1-2-37-27(36)19-7-11-22(12-8-19)32-28-33(16-15-18-5-3-4-6-23(18)30)26(35)24(38-28)17-25(34)31-21-13-9-20(29)10-14-21/h3-14,24H,2,15-17H2,1H3,(H,31,34)/t24-/m1/s1. The van der Waals surface area contributed by atoms with Gasteiger partial charge in [-0.05, 0) is 73.5 Å². The summed E-state index contributed by atoms with van der Waals surface area (Å²) in [5.74, 6) is -1.39. The maximum Gasteiger partial charge on any atom is 0.338 e. The predicted octanol–water partition coefficient (Wildman–Crippen LogP) is 5.86. The molecule has 0 saturated carbocycles. The molecule has 7 nitrogen and oxygen atoms in total. The Morgan fingerprint density at radius 3 is 2.47 bits per heavy atom. The molecule has 4 rings (SSSR count). The quantitative estimate of drug-likeness (QED) is 0.335. The minimum atomic E-state index is -0.694. The Kier molecular flexibility index (Phi) is 9.15. The van der Waals surface area contributed by atoms with Crippen LogP contribution in [0.4, 0.5) is 15.8 Å². The van der Waals surface area contributed by atoms with Crippen molar-refractivity contribution in [2.45, 2.75) is 25.0 Å². The zero-order valence-corrected chi connectivity index (χ0v) is 22.1. The van der Waals surface area contributed by atoms with Gasteiger partial charge in [0.2, 0.25) is 11.8 Å². The number of nitrogens with one attached hydrogen (secondary N) is 1. The van der Waals surface area contributed by atoms with Crippen molar-refractivity contribution in [1.82, 2.24) is 4.90 Å². The van der Waals surface area contributed by atoms with Crippen molar-refractivity contribution in [3.05, 3.63) is 94.8 Å². The molecule has 1 heterocycles. The van der Waals surface area contributed by atoms with Crippen molar-refractivity contribution in [3.63, 3.8) is 0 Å². The highest BCUT2D eigenvalue weighted by Gasteiger charge is 2.39. The Hall–Kier alpha value is -3.69. The highest BCUT2D eigenvalue weighted by molar-refractivity contribution is 8.15. The summed E-state index contributed by atoms with van der Waals surface area (Å²) in [6.45, 7) is 2.20. The van der Waals surface area contributed by atoms with Crippen LogP contribution in [0.15, 0.2) is 77.8 Å². The van der Waals surface area contributed by atoms with E-state index < -0.39 is 11.2 Å². The van der Waals surface area contributed by atoms with Crippen LogP contribution < -0.4 is 5.32 Å². The van der Waals surface area contributed by atoms with Crippen LogP contribution in [0.5, 0.6) is 0 Å². The van der Waals surface area contributed by atoms with Gasteiger partial charge in [-0.2, -0.15) is 0 Å². The molecule has 2 amide bonds. The van der Waals surface area contributed by atoms with E-state index in [2.05, 4.69) is 10.3 Å². The number of thioether (sulfide) groups is 1. The predicted molar refractivity (Wildman–Crippen MR) is 147 cm³/mol. The molecule has 0 unspecified atom stereocenters. The molecule has 1 aliphatic rings. The number of amidine groups is 1. The van der Waals surface area contributed by atoms with Gasteiger partial charge >= 0.3 is 5.97 Å². The number of rotatable bonds is 9. The third kappa shape index (κ3) is 6.99. The van der Waals surface area contributed by atoms with Gasteiger partial charge in [0.1, 0.15) is 11.1 Å². The van der Waals surface area contributed by atoms with Crippen LogP contribution >= 0.6 is 23.4 Å². The van der Waals surface area contributed by atoms with Crippen molar-refractivity contribution in [3.8, 4) is 0 Å². The average molecular weight is 554 g/mol. The minimum absolute atomic E-state index is 0.0663. The van der Waals surface area contributed by atoms with Gasteiger partial charge in [0.15, 0.2) is 5.17 Å². The Morgan fingerprint density at radius 2 is 1.79 bits per heavy atom. The van der Waals surface area contributed by atoms with Crippen molar-refractivity contribution in [1.29, 1.82) is 0 Å². The second kappa shape index (κ2) is 12.7. The molecule has 1 N–H and O–H groups in total. The van der Waals surface area contributed by atoms with Crippen molar-refractivity contribution < 1.29 is 23.5 Å². The number of carbonyl (C=O) groups excluding carboxylic acids is 3.